The second-order valence-electron chi connectivity index (χ2n) is 9.51. The number of rotatable bonds is 7. The average Bonchev–Trinajstić information content (AvgIpc) is 3.14. The van der Waals surface area contributed by atoms with E-state index in [9.17, 15) is 19.5 Å². The van der Waals surface area contributed by atoms with Gasteiger partial charge in [-0.1, -0.05) is 75.2 Å². The van der Waals surface area contributed by atoms with E-state index in [0.29, 0.717) is 12.8 Å². The molecule has 0 spiro atoms. The highest BCUT2D eigenvalue weighted by Crippen LogP contribution is 2.44. The zero-order valence-corrected chi connectivity index (χ0v) is 19.7. The molecule has 4 rings (SSSR count). The summed E-state index contributed by atoms with van der Waals surface area (Å²) in [5.74, 6) is -1.40. The minimum Gasteiger partial charge on any atom is -0.480 e. The summed E-state index contributed by atoms with van der Waals surface area (Å²) in [5, 5.41) is 14.8. The lowest BCUT2D eigenvalue weighted by Gasteiger charge is -2.39. The molecule has 0 aromatic heterocycles. The van der Waals surface area contributed by atoms with Crippen LogP contribution in [-0.2, 0) is 14.3 Å². The van der Waals surface area contributed by atoms with Gasteiger partial charge in [0.1, 0.15) is 18.2 Å². The quantitative estimate of drug-likeness (QED) is 0.561. The fraction of sp³-hybridized carbons (Fsp3) is 0.444. The first-order chi connectivity index (χ1) is 16.3. The van der Waals surface area contributed by atoms with Crippen LogP contribution in [0.1, 0.15) is 63.0 Å². The second-order valence-corrected chi connectivity index (χ2v) is 9.51. The Balaban J connectivity index is 1.49. The molecule has 0 aliphatic heterocycles. The van der Waals surface area contributed by atoms with E-state index < -0.39 is 29.6 Å². The van der Waals surface area contributed by atoms with Gasteiger partial charge >= 0.3 is 12.1 Å². The molecule has 2 aromatic carbocycles. The van der Waals surface area contributed by atoms with Crippen molar-refractivity contribution in [1.82, 2.24) is 10.6 Å². The van der Waals surface area contributed by atoms with Crippen molar-refractivity contribution in [2.75, 3.05) is 6.61 Å². The number of carbonyl (C=O) groups is 3. The molecule has 3 unspecified atom stereocenters. The topological polar surface area (TPSA) is 105 Å². The Hall–Kier alpha value is -3.35. The van der Waals surface area contributed by atoms with E-state index >= 15 is 0 Å². The highest BCUT2D eigenvalue weighted by atomic mass is 16.5. The molecule has 180 valence electrons. The molecule has 0 saturated heterocycles. The van der Waals surface area contributed by atoms with Gasteiger partial charge in [0.25, 0.3) is 0 Å². The van der Waals surface area contributed by atoms with Gasteiger partial charge in [-0.15, -0.1) is 0 Å². The lowest BCUT2D eigenvalue weighted by Crippen LogP contribution is -2.62. The summed E-state index contributed by atoms with van der Waals surface area (Å²) in [7, 11) is 0. The van der Waals surface area contributed by atoms with E-state index in [4.69, 9.17) is 4.74 Å². The van der Waals surface area contributed by atoms with Gasteiger partial charge in [-0.3, -0.25) is 4.79 Å². The number of carbonyl (C=O) groups excluding carboxylic acids is 2. The van der Waals surface area contributed by atoms with Crippen molar-refractivity contribution in [2.24, 2.45) is 5.92 Å². The standard InChI is InChI=1S/C27H32N2O5/c1-3-23(24(30)31)28-25(32)27(14-8-9-17(2)15-27)29-26(33)34-16-22-20-12-6-4-10-18(20)19-11-5-7-13-21(19)22/h4-7,10-13,17,22-23H,3,8-9,14-16H2,1-2H3,(H,28,32)(H,29,33)(H,30,31). The predicted molar refractivity (Wildman–Crippen MR) is 128 cm³/mol. The van der Waals surface area contributed by atoms with Crippen LogP contribution in [0.15, 0.2) is 48.5 Å². The van der Waals surface area contributed by atoms with Crippen molar-refractivity contribution >= 4 is 18.0 Å². The van der Waals surface area contributed by atoms with Crippen LogP contribution in [0.3, 0.4) is 0 Å². The van der Waals surface area contributed by atoms with Gasteiger partial charge in [0, 0.05) is 5.92 Å². The molecule has 0 bridgehead atoms. The molecular formula is C27H32N2O5. The van der Waals surface area contributed by atoms with Crippen molar-refractivity contribution in [3.05, 3.63) is 59.7 Å². The summed E-state index contributed by atoms with van der Waals surface area (Å²) < 4.78 is 5.69. The number of ether oxygens (including phenoxy) is 1. The minimum absolute atomic E-state index is 0.0790. The highest BCUT2D eigenvalue weighted by Gasteiger charge is 2.44. The van der Waals surface area contributed by atoms with Gasteiger partial charge in [0.05, 0.1) is 0 Å². The summed E-state index contributed by atoms with van der Waals surface area (Å²) >= 11 is 0. The summed E-state index contributed by atoms with van der Waals surface area (Å²) in [6.45, 7) is 3.89. The van der Waals surface area contributed by atoms with Crippen LogP contribution in [0.4, 0.5) is 4.79 Å². The first kappa shape index (κ1) is 23.8. The normalized spacial score (nSPS) is 22.2. The first-order valence-electron chi connectivity index (χ1n) is 12.0. The van der Waals surface area contributed by atoms with Crippen molar-refractivity contribution in [3.63, 3.8) is 0 Å². The molecule has 3 N–H and O–H groups in total. The summed E-state index contributed by atoms with van der Waals surface area (Å²) in [4.78, 5) is 37.6. The Bertz CT molecular complexity index is 1040. The molecule has 3 atom stereocenters. The number of nitrogens with one attached hydrogen (secondary N) is 2. The zero-order chi connectivity index (χ0) is 24.3. The summed E-state index contributed by atoms with van der Waals surface area (Å²) in [5.41, 5.74) is 3.33. The molecule has 2 aliphatic rings. The van der Waals surface area contributed by atoms with Crippen molar-refractivity contribution in [3.8, 4) is 11.1 Å². The number of benzene rings is 2. The van der Waals surface area contributed by atoms with Crippen LogP contribution in [0, 0.1) is 5.92 Å². The molecule has 1 saturated carbocycles. The Morgan fingerprint density at radius 1 is 1.09 bits per heavy atom. The molecule has 7 nitrogen and oxygen atoms in total. The molecule has 2 aromatic rings. The van der Waals surface area contributed by atoms with E-state index in [1.807, 2.05) is 31.2 Å². The SMILES string of the molecule is CCC(NC(=O)C1(NC(=O)OCC2c3ccccc3-c3ccccc32)CCCC(C)C1)C(=O)O. The maximum atomic E-state index is 13.2. The maximum Gasteiger partial charge on any atom is 0.408 e. The molecule has 0 heterocycles. The minimum atomic E-state index is -1.18. The lowest BCUT2D eigenvalue weighted by molar-refractivity contribution is -0.143. The Kier molecular flexibility index (Phi) is 6.91. The van der Waals surface area contributed by atoms with Crippen LogP contribution >= 0.6 is 0 Å². The summed E-state index contributed by atoms with van der Waals surface area (Å²) in [6, 6.07) is 15.2. The number of hydrogen-bond donors (Lipinski definition) is 3. The maximum absolute atomic E-state index is 13.2. The van der Waals surface area contributed by atoms with Gasteiger partial charge in [-0.2, -0.15) is 0 Å². The average molecular weight is 465 g/mol. The predicted octanol–water partition coefficient (Wildman–Crippen LogP) is 4.45. The third kappa shape index (κ3) is 4.65. The van der Waals surface area contributed by atoms with E-state index in [-0.39, 0.29) is 24.9 Å². The van der Waals surface area contributed by atoms with Gasteiger partial charge in [0.2, 0.25) is 5.91 Å². The summed E-state index contributed by atoms with van der Waals surface area (Å²) in [6.07, 6.45) is 2.22. The van der Waals surface area contributed by atoms with E-state index in [1.165, 1.54) is 0 Å². The Morgan fingerprint density at radius 3 is 2.26 bits per heavy atom. The van der Waals surface area contributed by atoms with Gasteiger partial charge in [0.15, 0.2) is 0 Å². The number of aliphatic carboxylic acids is 1. The number of fused-ring (bicyclic) bond motifs is 3. The Labute approximate surface area is 199 Å². The lowest BCUT2D eigenvalue weighted by atomic mass is 9.75. The van der Waals surface area contributed by atoms with Crippen LogP contribution in [0.25, 0.3) is 11.1 Å². The first-order valence-corrected chi connectivity index (χ1v) is 12.0. The fourth-order valence-electron chi connectivity index (χ4n) is 5.39. The van der Waals surface area contributed by atoms with Gasteiger partial charge < -0.3 is 20.5 Å². The smallest absolute Gasteiger partial charge is 0.408 e. The molecule has 34 heavy (non-hydrogen) atoms. The zero-order valence-electron chi connectivity index (χ0n) is 19.7. The van der Waals surface area contributed by atoms with Crippen LogP contribution in [0.2, 0.25) is 0 Å². The second kappa shape index (κ2) is 9.87. The number of amides is 2. The van der Waals surface area contributed by atoms with Crippen LogP contribution < -0.4 is 10.6 Å². The van der Waals surface area contributed by atoms with Crippen molar-refractivity contribution in [1.29, 1.82) is 0 Å². The fourth-order valence-corrected chi connectivity index (χ4v) is 5.39. The van der Waals surface area contributed by atoms with Crippen molar-refractivity contribution < 1.29 is 24.2 Å². The third-order valence-electron chi connectivity index (χ3n) is 7.13. The molecule has 2 aliphatic carbocycles. The molecule has 1 fully saturated rings. The van der Waals surface area contributed by atoms with Crippen molar-refractivity contribution in [2.45, 2.75) is 63.5 Å². The van der Waals surface area contributed by atoms with Crippen LogP contribution in [-0.4, -0.2) is 41.3 Å². The largest absolute Gasteiger partial charge is 0.480 e. The molecular weight excluding hydrogens is 432 g/mol. The Morgan fingerprint density at radius 2 is 1.71 bits per heavy atom. The molecule has 2 amide bonds. The molecule has 0 radical (unpaired) electrons. The van der Waals surface area contributed by atoms with Gasteiger partial charge in [-0.25, -0.2) is 9.59 Å². The van der Waals surface area contributed by atoms with Gasteiger partial charge in [-0.05, 0) is 47.4 Å². The number of hydrogen-bond acceptors (Lipinski definition) is 4. The van der Waals surface area contributed by atoms with Crippen LogP contribution in [0.5, 0.6) is 0 Å². The number of carboxylic acids is 1. The van der Waals surface area contributed by atoms with E-state index in [0.717, 1.165) is 35.1 Å². The van der Waals surface area contributed by atoms with E-state index in [2.05, 4.69) is 34.9 Å². The monoisotopic (exact) mass is 464 g/mol. The number of alkyl carbamates (subject to hydrolysis) is 1. The third-order valence-corrected chi connectivity index (χ3v) is 7.13. The highest BCUT2D eigenvalue weighted by molar-refractivity contribution is 5.93. The molecule has 7 heteroatoms. The number of carboxylic acid groups (broad SMARTS) is 1. The van der Waals surface area contributed by atoms with E-state index in [1.54, 1.807) is 6.92 Å².